The van der Waals surface area contributed by atoms with Crippen molar-refractivity contribution in [2.24, 2.45) is 10.9 Å². The van der Waals surface area contributed by atoms with Crippen molar-refractivity contribution in [3.63, 3.8) is 0 Å². The molecule has 5 nitrogen and oxygen atoms in total. The minimum Gasteiger partial charge on any atom is -0.487 e. The predicted molar refractivity (Wildman–Crippen MR) is 119 cm³/mol. The van der Waals surface area contributed by atoms with Crippen molar-refractivity contribution in [3.8, 4) is 5.75 Å². The van der Waals surface area contributed by atoms with Gasteiger partial charge in [-0.2, -0.15) is 0 Å². The largest absolute Gasteiger partial charge is 0.487 e. The summed E-state index contributed by atoms with van der Waals surface area (Å²) in [4.78, 5) is 4.48. The van der Waals surface area contributed by atoms with Gasteiger partial charge in [0.2, 0.25) is 0 Å². The molecular formula is C21H32IN3O2. The maximum atomic E-state index is 6.47. The summed E-state index contributed by atoms with van der Waals surface area (Å²) < 4.78 is 11.9. The second-order valence-corrected chi connectivity index (χ2v) is 7.94. The highest BCUT2D eigenvalue weighted by molar-refractivity contribution is 14.0. The molecule has 2 fully saturated rings. The molecule has 0 aromatic heterocycles. The highest BCUT2D eigenvalue weighted by atomic mass is 127. The molecule has 150 valence electrons. The van der Waals surface area contributed by atoms with Crippen LogP contribution in [-0.2, 0) is 4.74 Å². The van der Waals surface area contributed by atoms with E-state index in [0.29, 0.717) is 5.92 Å². The molecule has 6 heteroatoms. The SMILES string of the molecule is CN=C(NCC1CCOCC1)NC1CC2(CCCC2)Oc2ccccc21.I. The summed E-state index contributed by atoms with van der Waals surface area (Å²) in [6.45, 7) is 2.72. The Labute approximate surface area is 179 Å². The second-order valence-electron chi connectivity index (χ2n) is 7.94. The van der Waals surface area contributed by atoms with Gasteiger partial charge >= 0.3 is 0 Å². The van der Waals surface area contributed by atoms with Gasteiger partial charge in [0.1, 0.15) is 11.4 Å². The highest BCUT2D eigenvalue weighted by Gasteiger charge is 2.43. The Bertz CT molecular complexity index is 640. The van der Waals surface area contributed by atoms with Gasteiger partial charge in [0, 0.05) is 38.8 Å². The molecule has 27 heavy (non-hydrogen) atoms. The van der Waals surface area contributed by atoms with Crippen molar-refractivity contribution in [3.05, 3.63) is 29.8 Å². The molecule has 1 aromatic carbocycles. The zero-order chi connectivity index (χ0) is 17.8. The zero-order valence-electron chi connectivity index (χ0n) is 16.2. The number of nitrogens with zero attached hydrogens (tertiary/aromatic N) is 1. The molecule has 1 aromatic rings. The molecule has 2 heterocycles. The van der Waals surface area contributed by atoms with Crippen LogP contribution in [0.2, 0.25) is 0 Å². The summed E-state index contributed by atoms with van der Waals surface area (Å²) in [5.41, 5.74) is 1.25. The lowest BCUT2D eigenvalue weighted by Crippen LogP contribution is -2.47. The van der Waals surface area contributed by atoms with Crippen LogP contribution in [0.3, 0.4) is 0 Å². The number of fused-ring (bicyclic) bond motifs is 1. The minimum absolute atomic E-state index is 0. The first-order valence-corrected chi connectivity index (χ1v) is 10.1. The van der Waals surface area contributed by atoms with Gasteiger partial charge in [-0.15, -0.1) is 24.0 Å². The van der Waals surface area contributed by atoms with Gasteiger partial charge in [0.25, 0.3) is 0 Å². The maximum Gasteiger partial charge on any atom is 0.191 e. The Morgan fingerprint density at radius 2 is 1.93 bits per heavy atom. The molecule has 1 aliphatic carbocycles. The van der Waals surface area contributed by atoms with Crippen molar-refractivity contribution in [2.75, 3.05) is 26.8 Å². The summed E-state index contributed by atoms with van der Waals surface area (Å²) in [6, 6.07) is 8.71. The normalized spacial score (nSPS) is 24.6. The smallest absolute Gasteiger partial charge is 0.191 e. The average Bonchev–Trinajstić information content (AvgIpc) is 3.13. The maximum absolute atomic E-state index is 6.47. The lowest BCUT2D eigenvalue weighted by atomic mass is 9.86. The predicted octanol–water partition coefficient (Wildman–Crippen LogP) is 4.03. The molecule has 3 aliphatic rings. The summed E-state index contributed by atoms with van der Waals surface area (Å²) in [6.07, 6.45) is 8.14. The third-order valence-electron chi connectivity index (χ3n) is 6.15. The molecule has 2 aliphatic heterocycles. The summed E-state index contributed by atoms with van der Waals surface area (Å²) in [5, 5.41) is 7.22. The van der Waals surface area contributed by atoms with E-state index in [0.717, 1.165) is 63.6 Å². The van der Waals surface area contributed by atoms with E-state index >= 15 is 0 Å². The Morgan fingerprint density at radius 1 is 1.19 bits per heavy atom. The van der Waals surface area contributed by atoms with E-state index in [9.17, 15) is 0 Å². The number of hydrogen-bond donors (Lipinski definition) is 2. The number of hydrogen-bond acceptors (Lipinski definition) is 3. The van der Waals surface area contributed by atoms with E-state index in [1.54, 1.807) is 0 Å². The summed E-state index contributed by atoms with van der Waals surface area (Å²) in [5.74, 6) is 2.61. The molecule has 1 saturated heterocycles. The molecule has 1 spiro atoms. The van der Waals surface area contributed by atoms with Gasteiger partial charge in [-0.05, 0) is 50.5 Å². The van der Waals surface area contributed by atoms with Gasteiger partial charge in [0.15, 0.2) is 5.96 Å². The van der Waals surface area contributed by atoms with Crippen LogP contribution in [0.15, 0.2) is 29.3 Å². The van der Waals surface area contributed by atoms with Gasteiger partial charge in [-0.1, -0.05) is 18.2 Å². The number of benzene rings is 1. The van der Waals surface area contributed by atoms with Crippen LogP contribution < -0.4 is 15.4 Å². The van der Waals surface area contributed by atoms with E-state index in [1.165, 1.54) is 18.4 Å². The second kappa shape index (κ2) is 9.45. The molecular weight excluding hydrogens is 453 g/mol. The van der Waals surface area contributed by atoms with E-state index in [1.807, 2.05) is 7.05 Å². The van der Waals surface area contributed by atoms with Crippen LogP contribution in [0.1, 0.15) is 56.6 Å². The Kier molecular flexibility index (Phi) is 7.25. The van der Waals surface area contributed by atoms with Crippen molar-refractivity contribution < 1.29 is 9.47 Å². The molecule has 1 saturated carbocycles. The van der Waals surface area contributed by atoms with Gasteiger partial charge < -0.3 is 20.1 Å². The number of nitrogens with one attached hydrogen (secondary N) is 2. The minimum atomic E-state index is 0. The fourth-order valence-corrected chi connectivity index (χ4v) is 4.62. The average molecular weight is 485 g/mol. The summed E-state index contributed by atoms with van der Waals surface area (Å²) >= 11 is 0. The van der Waals surface area contributed by atoms with Crippen LogP contribution >= 0.6 is 24.0 Å². The lowest BCUT2D eigenvalue weighted by molar-refractivity contribution is 0.0395. The number of para-hydroxylation sites is 1. The Balaban J connectivity index is 0.00000210. The lowest BCUT2D eigenvalue weighted by Gasteiger charge is -2.40. The van der Waals surface area contributed by atoms with E-state index in [2.05, 4.69) is 39.9 Å². The molecule has 0 amide bonds. The Morgan fingerprint density at radius 3 is 2.67 bits per heavy atom. The quantitative estimate of drug-likeness (QED) is 0.386. The fourth-order valence-electron chi connectivity index (χ4n) is 4.62. The summed E-state index contributed by atoms with van der Waals surface area (Å²) in [7, 11) is 1.86. The first kappa shape index (κ1) is 20.7. The standard InChI is InChI=1S/C21H31N3O2.HI/c1-22-20(23-15-16-8-12-25-13-9-16)24-18-14-21(10-4-5-11-21)26-19-7-3-2-6-17(18)19;/h2-3,6-7,16,18H,4-5,8-15H2,1H3,(H2,22,23,24);1H. The first-order chi connectivity index (χ1) is 12.8. The number of halogens is 1. The topological polar surface area (TPSA) is 54.9 Å². The van der Waals surface area contributed by atoms with Crippen molar-refractivity contribution in [1.29, 1.82) is 0 Å². The van der Waals surface area contributed by atoms with Crippen LogP contribution in [0.4, 0.5) is 0 Å². The third kappa shape index (κ3) is 4.88. The molecule has 0 bridgehead atoms. The van der Waals surface area contributed by atoms with Gasteiger partial charge in [0.05, 0.1) is 6.04 Å². The molecule has 1 atom stereocenters. The molecule has 2 N–H and O–H groups in total. The monoisotopic (exact) mass is 485 g/mol. The number of aliphatic imine (C=N–C) groups is 1. The number of guanidine groups is 1. The highest BCUT2D eigenvalue weighted by Crippen LogP contribution is 2.46. The molecule has 4 rings (SSSR count). The van der Waals surface area contributed by atoms with Crippen molar-refractivity contribution in [1.82, 2.24) is 10.6 Å². The van der Waals surface area contributed by atoms with E-state index < -0.39 is 0 Å². The van der Waals surface area contributed by atoms with E-state index in [4.69, 9.17) is 9.47 Å². The fraction of sp³-hybridized carbons (Fsp3) is 0.667. The van der Waals surface area contributed by atoms with Crippen LogP contribution in [-0.4, -0.2) is 38.4 Å². The van der Waals surface area contributed by atoms with Crippen molar-refractivity contribution in [2.45, 2.75) is 56.6 Å². The van der Waals surface area contributed by atoms with Crippen molar-refractivity contribution >= 4 is 29.9 Å². The number of ether oxygens (including phenoxy) is 2. The molecule has 0 radical (unpaired) electrons. The zero-order valence-corrected chi connectivity index (χ0v) is 18.5. The number of rotatable bonds is 3. The first-order valence-electron chi connectivity index (χ1n) is 10.1. The van der Waals surface area contributed by atoms with Gasteiger partial charge in [-0.3, -0.25) is 4.99 Å². The van der Waals surface area contributed by atoms with Crippen LogP contribution in [0.5, 0.6) is 5.75 Å². The third-order valence-corrected chi connectivity index (χ3v) is 6.15. The van der Waals surface area contributed by atoms with E-state index in [-0.39, 0.29) is 35.6 Å². The van der Waals surface area contributed by atoms with Gasteiger partial charge in [-0.25, -0.2) is 0 Å². The molecule has 1 unspecified atom stereocenters. The van der Waals surface area contributed by atoms with Crippen LogP contribution in [0, 0.1) is 5.92 Å². The van der Waals surface area contributed by atoms with Crippen LogP contribution in [0.25, 0.3) is 0 Å². The Hall–Kier alpha value is -1.02.